The molecule has 13 nitrogen and oxygen atoms in total. The summed E-state index contributed by atoms with van der Waals surface area (Å²) in [4.78, 5) is 21.8. The lowest BCUT2D eigenvalue weighted by Crippen LogP contribution is -2.17. The Morgan fingerprint density at radius 1 is 1.09 bits per heavy atom. The Balaban J connectivity index is 1.26. The summed E-state index contributed by atoms with van der Waals surface area (Å²) in [6.07, 6.45) is 11.1. The fourth-order valence-corrected chi connectivity index (χ4v) is 5.52. The summed E-state index contributed by atoms with van der Waals surface area (Å²) in [6.45, 7) is 0.621. The number of carbonyl (C=O) groups excluding carboxylic acids is 1. The van der Waals surface area contributed by atoms with Crippen molar-refractivity contribution in [1.82, 2.24) is 39.1 Å². The molecule has 228 valence electrons. The van der Waals surface area contributed by atoms with Gasteiger partial charge in [-0.2, -0.15) is 15.2 Å². The van der Waals surface area contributed by atoms with Crippen molar-refractivity contribution in [3.63, 3.8) is 0 Å². The van der Waals surface area contributed by atoms with E-state index in [2.05, 4.69) is 59.9 Å². The number of amides is 1. The van der Waals surface area contributed by atoms with E-state index < -0.39 is 0 Å². The maximum absolute atomic E-state index is 12.6. The van der Waals surface area contributed by atoms with Crippen molar-refractivity contribution in [2.24, 2.45) is 13.0 Å². The van der Waals surface area contributed by atoms with Gasteiger partial charge < -0.3 is 14.8 Å². The lowest BCUT2D eigenvalue weighted by Gasteiger charge is -2.15. The Morgan fingerprint density at radius 3 is 2.67 bits per heavy atom. The number of aryl methyl sites for hydroxylation is 1. The molecule has 0 bridgehead atoms. The fourth-order valence-electron chi connectivity index (χ4n) is 5.15. The van der Waals surface area contributed by atoms with Crippen LogP contribution in [0.3, 0.4) is 0 Å². The average molecular weight is 622 g/mol. The number of hydrogen-bond acceptors (Lipinski definition) is 10. The second kappa shape index (κ2) is 12.0. The normalized spacial score (nSPS) is 12.8. The molecule has 6 aromatic rings. The molecule has 0 aliphatic heterocycles. The van der Waals surface area contributed by atoms with Crippen LogP contribution >= 0.6 is 11.9 Å². The summed E-state index contributed by atoms with van der Waals surface area (Å²) in [6, 6.07) is 16.0. The van der Waals surface area contributed by atoms with Crippen molar-refractivity contribution in [1.29, 1.82) is 0 Å². The summed E-state index contributed by atoms with van der Waals surface area (Å²) < 4.78 is 14.4. The van der Waals surface area contributed by atoms with Crippen LogP contribution in [0.2, 0.25) is 0 Å². The van der Waals surface area contributed by atoms with E-state index in [-0.39, 0.29) is 17.8 Å². The van der Waals surface area contributed by atoms with E-state index in [1.54, 1.807) is 34.6 Å². The van der Waals surface area contributed by atoms with Gasteiger partial charge in [-0.25, -0.2) is 9.50 Å². The highest BCUT2D eigenvalue weighted by atomic mass is 32.2. The van der Waals surface area contributed by atoms with Gasteiger partial charge in [0, 0.05) is 48.4 Å². The third-order valence-corrected chi connectivity index (χ3v) is 7.91. The van der Waals surface area contributed by atoms with E-state index in [0.29, 0.717) is 29.6 Å². The SMILES string of the molecule is COc1c(Nc2nc(NC(=O)C3CC3)nn3ccc(-c4cnn(Cc5ccc(NSC)cc5)c4)c23)cccc1-c1ncn(C)n1. The van der Waals surface area contributed by atoms with Gasteiger partial charge in [-0.15, -0.1) is 5.10 Å². The Hall–Kier alpha value is -5.37. The highest BCUT2D eigenvalue weighted by Crippen LogP contribution is 2.39. The van der Waals surface area contributed by atoms with Crippen molar-refractivity contribution < 1.29 is 9.53 Å². The van der Waals surface area contributed by atoms with Crippen LogP contribution in [0.15, 0.2) is 73.4 Å². The number of hydrogen-bond donors (Lipinski definition) is 3. The summed E-state index contributed by atoms with van der Waals surface area (Å²) in [5.74, 6) is 1.73. The summed E-state index contributed by atoms with van der Waals surface area (Å²) in [7, 11) is 3.42. The molecule has 0 atom stereocenters. The molecule has 1 aliphatic carbocycles. The van der Waals surface area contributed by atoms with Crippen LogP contribution in [0.25, 0.3) is 28.0 Å². The van der Waals surface area contributed by atoms with Gasteiger partial charge >= 0.3 is 0 Å². The van der Waals surface area contributed by atoms with Gasteiger partial charge in [-0.3, -0.25) is 19.5 Å². The number of methoxy groups -OCH3 is 1. The highest BCUT2D eigenvalue weighted by Gasteiger charge is 2.30. The molecule has 0 spiro atoms. The van der Waals surface area contributed by atoms with Crippen molar-refractivity contribution in [3.8, 4) is 28.3 Å². The molecule has 0 saturated heterocycles. The van der Waals surface area contributed by atoms with Gasteiger partial charge in [-0.05, 0) is 48.7 Å². The first-order chi connectivity index (χ1) is 22.0. The molecule has 4 aromatic heterocycles. The zero-order valence-electron chi connectivity index (χ0n) is 24.9. The minimum atomic E-state index is -0.0768. The van der Waals surface area contributed by atoms with Crippen molar-refractivity contribution in [2.45, 2.75) is 19.4 Å². The van der Waals surface area contributed by atoms with Gasteiger partial charge in [-0.1, -0.05) is 30.1 Å². The molecule has 14 heteroatoms. The Morgan fingerprint density at radius 2 is 1.93 bits per heavy atom. The Bertz CT molecular complexity index is 1990. The van der Waals surface area contributed by atoms with Crippen LogP contribution in [-0.4, -0.2) is 58.4 Å². The van der Waals surface area contributed by atoms with Crippen molar-refractivity contribution in [3.05, 3.63) is 79.0 Å². The molecule has 1 fully saturated rings. The third kappa shape index (κ3) is 5.91. The number of carbonyl (C=O) groups is 1. The van der Waals surface area contributed by atoms with Crippen molar-refractivity contribution in [2.75, 3.05) is 28.7 Å². The fraction of sp³-hybridized carbons (Fsp3) is 0.226. The first-order valence-electron chi connectivity index (χ1n) is 14.4. The second-order valence-electron chi connectivity index (χ2n) is 10.8. The topological polar surface area (TPSA) is 141 Å². The minimum Gasteiger partial charge on any atom is -0.494 e. The van der Waals surface area contributed by atoms with Crippen LogP contribution in [0, 0.1) is 5.92 Å². The number of aromatic nitrogens is 8. The average Bonchev–Trinajstić information content (AvgIpc) is 3.41. The number of nitrogens with one attached hydrogen (secondary N) is 3. The molecule has 1 amide bonds. The van der Waals surface area contributed by atoms with Crippen LogP contribution in [0.4, 0.5) is 23.1 Å². The third-order valence-electron chi connectivity index (χ3n) is 7.47. The van der Waals surface area contributed by atoms with E-state index in [9.17, 15) is 4.79 Å². The predicted octanol–water partition coefficient (Wildman–Crippen LogP) is 5.23. The van der Waals surface area contributed by atoms with E-state index >= 15 is 0 Å². The molecule has 4 heterocycles. The number of rotatable bonds is 11. The monoisotopic (exact) mass is 621 g/mol. The van der Waals surface area contributed by atoms with E-state index in [1.807, 2.05) is 60.8 Å². The molecule has 45 heavy (non-hydrogen) atoms. The number of para-hydroxylation sites is 1. The molecule has 1 aliphatic rings. The Labute approximate surface area is 263 Å². The van der Waals surface area contributed by atoms with Crippen LogP contribution in [0.5, 0.6) is 5.75 Å². The number of nitrogens with zero attached hydrogens (tertiary/aromatic N) is 8. The van der Waals surface area contributed by atoms with Crippen LogP contribution in [-0.2, 0) is 18.4 Å². The number of ether oxygens (including phenoxy) is 1. The quantitative estimate of drug-likeness (QED) is 0.165. The zero-order valence-corrected chi connectivity index (χ0v) is 25.7. The van der Waals surface area contributed by atoms with Gasteiger partial charge in [0.05, 0.1) is 31.1 Å². The maximum atomic E-state index is 12.6. The summed E-state index contributed by atoms with van der Waals surface area (Å²) in [5.41, 5.74) is 6.07. The summed E-state index contributed by atoms with van der Waals surface area (Å²) in [5, 5.41) is 20.1. The molecular formula is C31H31N11O2S. The second-order valence-corrected chi connectivity index (χ2v) is 11.4. The number of fused-ring (bicyclic) bond motifs is 1. The van der Waals surface area contributed by atoms with E-state index in [0.717, 1.165) is 46.3 Å². The van der Waals surface area contributed by atoms with Crippen molar-refractivity contribution >= 4 is 46.5 Å². The molecule has 0 radical (unpaired) electrons. The van der Waals surface area contributed by atoms with Crippen LogP contribution in [0.1, 0.15) is 18.4 Å². The molecule has 1 saturated carbocycles. The molecular weight excluding hydrogens is 590 g/mol. The van der Waals surface area contributed by atoms with E-state index in [4.69, 9.17) is 9.72 Å². The van der Waals surface area contributed by atoms with Crippen LogP contribution < -0.4 is 20.1 Å². The Kier molecular flexibility index (Phi) is 7.55. The number of anilines is 4. The first kappa shape index (κ1) is 28.4. The molecule has 2 aromatic carbocycles. The zero-order chi connectivity index (χ0) is 30.9. The molecule has 7 rings (SSSR count). The van der Waals surface area contributed by atoms with Gasteiger partial charge in [0.15, 0.2) is 17.4 Å². The lowest BCUT2D eigenvalue weighted by atomic mass is 10.1. The largest absolute Gasteiger partial charge is 0.494 e. The number of benzene rings is 2. The highest BCUT2D eigenvalue weighted by molar-refractivity contribution is 7.99. The van der Waals surface area contributed by atoms with Gasteiger partial charge in [0.2, 0.25) is 11.9 Å². The lowest BCUT2D eigenvalue weighted by molar-refractivity contribution is -0.117. The van der Waals surface area contributed by atoms with Gasteiger partial charge in [0.1, 0.15) is 11.8 Å². The molecule has 3 N–H and O–H groups in total. The smallest absolute Gasteiger partial charge is 0.249 e. The first-order valence-corrected chi connectivity index (χ1v) is 15.6. The van der Waals surface area contributed by atoms with E-state index in [1.165, 1.54) is 0 Å². The predicted molar refractivity (Wildman–Crippen MR) is 175 cm³/mol. The minimum absolute atomic E-state index is 0.00687. The van der Waals surface area contributed by atoms with Gasteiger partial charge in [0.25, 0.3) is 0 Å². The standard InChI is InChI=1S/C31H31N11O2S/c1-40-18-32-28(37-40)24-5-4-6-25(27(24)44-2)34-29-26-23(13-14-42(26)38-31(35-29)36-30(43)20-9-10-20)21-15-33-41(17-21)16-19-7-11-22(12-8-19)39-45-3/h4-8,11-15,17-18,20,39H,9-10,16H2,1-3H3,(H2,34,35,36,38,43). The molecule has 0 unspecified atom stereocenters. The summed E-state index contributed by atoms with van der Waals surface area (Å²) >= 11 is 1.56. The maximum Gasteiger partial charge on any atom is 0.249 e.